The predicted molar refractivity (Wildman–Crippen MR) is 155 cm³/mol. The Labute approximate surface area is 218 Å². The molecule has 0 aliphatic carbocycles. The maximum absolute atomic E-state index is 11.2. The number of aromatic amines is 2. The summed E-state index contributed by atoms with van der Waals surface area (Å²) in [5, 5.41) is 0. The molecule has 5 heteroatoms. The van der Waals surface area contributed by atoms with Gasteiger partial charge in [-0.1, -0.05) is 54.6 Å². The highest BCUT2D eigenvalue weighted by atomic mass is 16.1. The summed E-state index contributed by atoms with van der Waals surface area (Å²) in [4.78, 5) is 28.3. The van der Waals surface area contributed by atoms with Crippen LogP contribution in [-0.2, 0) is 0 Å². The van der Waals surface area contributed by atoms with Crippen LogP contribution in [0.15, 0.2) is 91.0 Å². The second-order valence-electron chi connectivity index (χ2n) is 9.31. The number of H-pyrrole nitrogens is 2. The van der Waals surface area contributed by atoms with Crippen LogP contribution in [0.1, 0.15) is 33.1 Å². The van der Waals surface area contributed by atoms with Gasteiger partial charge >= 0.3 is 0 Å². The first-order valence-electron chi connectivity index (χ1n) is 12.4. The van der Waals surface area contributed by atoms with E-state index in [-0.39, 0.29) is 0 Å². The molecule has 5 aromatic rings. The van der Waals surface area contributed by atoms with Crippen LogP contribution in [0.3, 0.4) is 0 Å². The Balaban J connectivity index is 1.55. The van der Waals surface area contributed by atoms with Crippen LogP contribution in [-0.4, -0.2) is 26.2 Å². The Morgan fingerprint density at radius 3 is 1.61 bits per heavy atom. The molecule has 0 fully saturated rings. The van der Waals surface area contributed by atoms with Crippen LogP contribution in [0.5, 0.6) is 0 Å². The van der Waals surface area contributed by atoms with E-state index >= 15 is 0 Å². The predicted octanol–water partition coefficient (Wildman–Crippen LogP) is 7.80. The van der Waals surface area contributed by atoms with E-state index in [0.29, 0.717) is 5.56 Å². The van der Waals surface area contributed by atoms with E-state index in [4.69, 9.17) is 9.97 Å². The Morgan fingerprint density at radius 1 is 0.553 bits per heavy atom. The normalized spacial score (nSPS) is 12.1. The van der Waals surface area contributed by atoms with Crippen molar-refractivity contribution < 1.29 is 4.79 Å². The second-order valence-corrected chi connectivity index (χ2v) is 9.31. The molecule has 2 aliphatic rings. The minimum Gasteiger partial charge on any atom is -0.355 e. The van der Waals surface area contributed by atoms with Crippen LogP contribution in [0.4, 0.5) is 0 Å². The number of carbonyl (C=O) groups is 1. The van der Waals surface area contributed by atoms with E-state index in [1.54, 1.807) is 0 Å². The molecule has 2 N–H and O–H groups in total. The molecule has 7 rings (SSSR count). The fourth-order valence-electron chi connectivity index (χ4n) is 5.01. The third-order valence-corrected chi connectivity index (χ3v) is 6.80. The average Bonchev–Trinajstić information content (AvgIpc) is 3.76. The van der Waals surface area contributed by atoms with Crippen molar-refractivity contribution in [3.8, 4) is 22.3 Å². The number of rotatable bonds is 3. The lowest BCUT2D eigenvalue weighted by atomic mass is 10.0. The summed E-state index contributed by atoms with van der Waals surface area (Å²) in [6.07, 6.45) is 9.02. The van der Waals surface area contributed by atoms with Gasteiger partial charge in [0.05, 0.1) is 22.8 Å². The number of aromatic nitrogens is 4. The van der Waals surface area contributed by atoms with E-state index in [2.05, 4.69) is 52.4 Å². The van der Waals surface area contributed by atoms with E-state index in [0.717, 1.165) is 73.4 Å². The lowest BCUT2D eigenvalue weighted by Gasteiger charge is -2.04. The molecule has 38 heavy (non-hydrogen) atoms. The Kier molecular flexibility index (Phi) is 5.19. The van der Waals surface area contributed by atoms with E-state index in [1.165, 1.54) is 0 Å². The molecule has 8 bridgehead atoms. The van der Waals surface area contributed by atoms with Crippen molar-refractivity contribution in [1.29, 1.82) is 0 Å². The summed E-state index contributed by atoms with van der Waals surface area (Å²) in [6, 6.07) is 30.3. The highest BCUT2D eigenvalue weighted by Gasteiger charge is 2.13. The highest BCUT2D eigenvalue weighted by Crippen LogP contribution is 2.32. The molecule has 2 aliphatic heterocycles. The first-order valence-corrected chi connectivity index (χ1v) is 12.4. The number of benzene rings is 2. The van der Waals surface area contributed by atoms with Crippen molar-refractivity contribution >= 4 is 52.7 Å². The number of nitrogens with one attached hydrogen (secondary N) is 2. The summed E-state index contributed by atoms with van der Waals surface area (Å²) in [5.74, 6) is 0. The molecule has 5 heterocycles. The molecular weight excluding hydrogens is 468 g/mol. The largest absolute Gasteiger partial charge is 0.355 e. The summed E-state index contributed by atoms with van der Waals surface area (Å²) < 4.78 is 0. The second kappa shape index (κ2) is 8.98. The lowest BCUT2D eigenvalue weighted by Crippen LogP contribution is -1.87. The number of hydrogen-bond donors (Lipinski definition) is 2. The average molecular weight is 491 g/mol. The number of hydrogen-bond acceptors (Lipinski definition) is 3. The molecule has 5 nitrogen and oxygen atoms in total. The Morgan fingerprint density at radius 2 is 1.08 bits per heavy atom. The van der Waals surface area contributed by atoms with Crippen LogP contribution >= 0.6 is 0 Å². The van der Waals surface area contributed by atoms with Gasteiger partial charge in [0.15, 0.2) is 0 Å². The van der Waals surface area contributed by atoms with E-state index in [1.807, 2.05) is 72.8 Å². The lowest BCUT2D eigenvalue weighted by molar-refractivity contribution is 0.112. The van der Waals surface area contributed by atoms with Crippen molar-refractivity contribution in [1.82, 2.24) is 19.9 Å². The maximum atomic E-state index is 11.2. The molecule has 3 aromatic heterocycles. The zero-order chi connectivity index (χ0) is 25.5. The molecule has 0 saturated heterocycles. The van der Waals surface area contributed by atoms with Gasteiger partial charge < -0.3 is 9.97 Å². The maximum Gasteiger partial charge on any atom is 0.150 e. The van der Waals surface area contributed by atoms with Gasteiger partial charge in [0.25, 0.3) is 0 Å². The molecule has 0 atom stereocenters. The Hall–Kier alpha value is -5.29. The molecule has 0 saturated carbocycles. The third kappa shape index (κ3) is 3.96. The van der Waals surface area contributed by atoms with Gasteiger partial charge in [-0.05, 0) is 71.8 Å². The first-order chi connectivity index (χ1) is 18.7. The van der Waals surface area contributed by atoms with Crippen molar-refractivity contribution in [2.75, 3.05) is 0 Å². The van der Waals surface area contributed by atoms with Crippen LogP contribution in [0.2, 0.25) is 0 Å². The molecule has 0 amide bonds. The monoisotopic (exact) mass is 490 g/mol. The van der Waals surface area contributed by atoms with Crippen molar-refractivity contribution in [2.24, 2.45) is 0 Å². The van der Waals surface area contributed by atoms with Gasteiger partial charge in [0.2, 0.25) is 0 Å². The molecule has 2 aromatic carbocycles. The third-order valence-electron chi connectivity index (χ3n) is 6.80. The van der Waals surface area contributed by atoms with Crippen LogP contribution in [0, 0.1) is 0 Å². The summed E-state index contributed by atoms with van der Waals surface area (Å²) in [7, 11) is 0. The number of nitrogens with zero attached hydrogens (tertiary/aromatic N) is 2. The minimum atomic E-state index is 0.639. The fourth-order valence-corrected chi connectivity index (χ4v) is 5.01. The summed E-state index contributed by atoms with van der Waals surface area (Å²) in [5.41, 5.74) is 12.1. The van der Waals surface area contributed by atoms with Crippen molar-refractivity contribution in [2.45, 2.75) is 0 Å². The van der Waals surface area contributed by atoms with E-state index < -0.39 is 0 Å². The fraction of sp³-hybridized carbons (Fsp3) is 0. The molecular formula is C33H22N4O. The zero-order valence-electron chi connectivity index (χ0n) is 20.3. The SMILES string of the molecule is O=Cc1ccc(-c2c3nc(cc4ccc([nH]4)c(-c4ccccc4)c4nc(cc5ccc2[nH]5)C=C4)C=C3)cc1. The summed E-state index contributed by atoms with van der Waals surface area (Å²) >= 11 is 0. The summed E-state index contributed by atoms with van der Waals surface area (Å²) in [6.45, 7) is 0. The number of carbonyl (C=O) groups excluding carboxylic acids is 1. The zero-order valence-corrected chi connectivity index (χ0v) is 20.3. The molecule has 0 spiro atoms. The number of aldehydes is 1. The topological polar surface area (TPSA) is 74.4 Å². The van der Waals surface area contributed by atoms with Crippen LogP contribution in [0.25, 0.3) is 68.6 Å². The van der Waals surface area contributed by atoms with Crippen LogP contribution < -0.4 is 0 Å². The highest BCUT2D eigenvalue weighted by molar-refractivity contribution is 5.93. The molecule has 0 unspecified atom stereocenters. The first kappa shape index (κ1) is 21.9. The van der Waals surface area contributed by atoms with Crippen molar-refractivity contribution in [3.63, 3.8) is 0 Å². The smallest absolute Gasteiger partial charge is 0.150 e. The molecule has 0 radical (unpaired) electrons. The number of fused-ring (bicyclic) bond motifs is 8. The minimum absolute atomic E-state index is 0.639. The molecule has 180 valence electrons. The quantitative estimate of drug-likeness (QED) is 0.248. The Bertz CT molecular complexity index is 1920. The van der Waals surface area contributed by atoms with Gasteiger partial charge in [-0.3, -0.25) is 4.79 Å². The van der Waals surface area contributed by atoms with Gasteiger partial charge in [-0.2, -0.15) is 0 Å². The van der Waals surface area contributed by atoms with Gasteiger partial charge in [0, 0.05) is 38.8 Å². The van der Waals surface area contributed by atoms with Gasteiger partial charge in [-0.15, -0.1) is 0 Å². The van der Waals surface area contributed by atoms with E-state index in [9.17, 15) is 4.79 Å². The van der Waals surface area contributed by atoms with Crippen molar-refractivity contribution in [3.05, 3.63) is 119 Å². The standard InChI is InChI=1S/C33H22N4O/c38-20-21-6-8-23(9-7-21)33-30-16-12-26(36-30)18-24-10-14-28(34-24)32(22-4-2-1-3-5-22)29-15-11-25(35-29)19-27-13-17-31(33)37-27/h1-20,34,37H. The van der Waals surface area contributed by atoms with Gasteiger partial charge in [0.1, 0.15) is 6.29 Å². The van der Waals surface area contributed by atoms with Gasteiger partial charge in [-0.25, -0.2) is 9.97 Å².